The molecule has 0 N–H and O–H groups in total. The van der Waals surface area contributed by atoms with Gasteiger partial charge in [-0.3, -0.25) is 4.79 Å². The van der Waals surface area contributed by atoms with Gasteiger partial charge >= 0.3 is 0 Å². The van der Waals surface area contributed by atoms with Crippen molar-refractivity contribution in [3.63, 3.8) is 0 Å². The number of carbonyl (C=O) groups is 1. The van der Waals surface area contributed by atoms with Crippen molar-refractivity contribution in [3.05, 3.63) is 41.0 Å². The highest BCUT2D eigenvalue weighted by molar-refractivity contribution is 5.96. The highest BCUT2D eigenvalue weighted by Gasteiger charge is 2.28. The van der Waals surface area contributed by atoms with Crippen LogP contribution in [0.5, 0.6) is 11.8 Å². The average molecular weight is 386 g/mol. The Balaban J connectivity index is 1.72. The Morgan fingerprint density at radius 3 is 2.54 bits per heavy atom. The first kappa shape index (κ1) is 20.0. The summed E-state index contributed by atoms with van der Waals surface area (Å²) >= 11 is 0. The van der Waals surface area contributed by atoms with E-state index in [1.165, 1.54) is 14.2 Å². The Kier molecular flexibility index (Phi) is 6.41. The number of nitrogens with zero attached hydrogens (tertiary/aromatic N) is 4. The van der Waals surface area contributed by atoms with Crippen LogP contribution in [0.3, 0.4) is 0 Å². The van der Waals surface area contributed by atoms with Crippen LogP contribution in [0, 0.1) is 6.92 Å². The summed E-state index contributed by atoms with van der Waals surface area (Å²) in [6.45, 7) is 3.67. The lowest BCUT2D eigenvalue weighted by Gasteiger charge is -2.32. The molecule has 3 heterocycles. The fourth-order valence-electron chi connectivity index (χ4n) is 3.51. The zero-order valence-corrected chi connectivity index (χ0v) is 16.8. The molecule has 0 spiro atoms. The molecule has 2 aromatic heterocycles. The zero-order valence-electron chi connectivity index (χ0n) is 16.8. The second kappa shape index (κ2) is 8.97. The maximum Gasteiger partial charge on any atom is 0.259 e. The number of piperidine rings is 1. The number of methoxy groups -OCH3 is 3. The number of hydrogen-bond donors (Lipinski definition) is 0. The molecule has 3 rings (SSSR count). The monoisotopic (exact) mass is 386 g/mol. The predicted molar refractivity (Wildman–Crippen MR) is 103 cm³/mol. The number of pyridine rings is 1. The van der Waals surface area contributed by atoms with Crippen LogP contribution in [0.2, 0.25) is 0 Å². The van der Waals surface area contributed by atoms with Gasteiger partial charge in [-0.25, -0.2) is 9.97 Å². The Bertz CT molecular complexity index is 835. The summed E-state index contributed by atoms with van der Waals surface area (Å²) in [4.78, 5) is 27.9. The van der Waals surface area contributed by atoms with Crippen LogP contribution in [0.15, 0.2) is 18.3 Å². The highest BCUT2D eigenvalue weighted by Crippen LogP contribution is 2.31. The fourth-order valence-corrected chi connectivity index (χ4v) is 3.51. The van der Waals surface area contributed by atoms with Crippen molar-refractivity contribution in [2.45, 2.75) is 32.3 Å². The smallest absolute Gasteiger partial charge is 0.259 e. The number of carbonyl (C=O) groups excluding carboxylic acids is 1. The topological polar surface area (TPSA) is 86.7 Å². The van der Waals surface area contributed by atoms with Crippen molar-refractivity contribution in [3.8, 4) is 11.8 Å². The van der Waals surface area contributed by atoms with E-state index < -0.39 is 0 Å². The summed E-state index contributed by atoms with van der Waals surface area (Å²) in [5.74, 6) is 1.65. The molecule has 1 saturated heterocycles. The lowest BCUT2D eigenvalue weighted by atomic mass is 9.90. The summed E-state index contributed by atoms with van der Waals surface area (Å²) in [5, 5.41) is 0. The van der Waals surface area contributed by atoms with Gasteiger partial charge in [0.05, 0.1) is 26.5 Å². The van der Waals surface area contributed by atoms with Crippen LogP contribution >= 0.6 is 0 Å². The minimum Gasteiger partial charge on any atom is -0.481 e. The molecule has 0 aliphatic carbocycles. The first-order valence-electron chi connectivity index (χ1n) is 9.27. The molecule has 8 nitrogen and oxygen atoms in total. The molecule has 150 valence electrons. The maximum absolute atomic E-state index is 13.0. The Morgan fingerprint density at radius 2 is 1.89 bits per heavy atom. The number of likely N-dealkylation sites (tertiary alicyclic amines) is 1. The molecule has 0 bridgehead atoms. The van der Waals surface area contributed by atoms with Crippen molar-refractivity contribution >= 4 is 5.91 Å². The van der Waals surface area contributed by atoms with Crippen molar-refractivity contribution < 1.29 is 19.0 Å². The number of ether oxygens (including phenoxy) is 3. The summed E-state index contributed by atoms with van der Waals surface area (Å²) < 4.78 is 15.7. The van der Waals surface area contributed by atoms with Gasteiger partial charge < -0.3 is 19.1 Å². The van der Waals surface area contributed by atoms with Gasteiger partial charge in [0.1, 0.15) is 11.4 Å². The van der Waals surface area contributed by atoms with Gasteiger partial charge in [0.25, 0.3) is 5.91 Å². The number of aromatic nitrogens is 3. The maximum atomic E-state index is 13.0. The largest absolute Gasteiger partial charge is 0.481 e. The average Bonchev–Trinajstić information content (AvgIpc) is 2.74. The van der Waals surface area contributed by atoms with E-state index in [1.54, 1.807) is 19.2 Å². The number of amides is 1. The third-order valence-electron chi connectivity index (χ3n) is 4.95. The number of hydrogen-bond acceptors (Lipinski definition) is 7. The summed E-state index contributed by atoms with van der Waals surface area (Å²) in [6.07, 6.45) is 3.52. The summed E-state index contributed by atoms with van der Waals surface area (Å²) in [5.41, 5.74) is 2.49. The van der Waals surface area contributed by atoms with Crippen LogP contribution in [0.25, 0.3) is 0 Å². The first-order valence-corrected chi connectivity index (χ1v) is 9.27. The van der Waals surface area contributed by atoms with Crippen LogP contribution in [0.1, 0.15) is 46.2 Å². The van der Waals surface area contributed by atoms with Gasteiger partial charge in [0.2, 0.25) is 11.8 Å². The molecule has 0 unspecified atom stereocenters. The zero-order chi connectivity index (χ0) is 20.1. The third kappa shape index (κ3) is 4.22. The number of rotatable bonds is 6. The van der Waals surface area contributed by atoms with E-state index in [1.807, 2.05) is 18.0 Å². The van der Waals surface area contributed by atoms with Gasteiger partial charge in [0, 0.05) is 43.9 Å². The number of aryl methyl sites for hydroxylation is 1. The predicted octanol–water partition coefficient (Wildman–Crippen LogP) is 2.36. The van der Waals surface area contributed by atoms with Gasteiger partial charge in [-0.2, -0.15) is 4.98 Å². The summed E-state index contributed by atoms with van der Waals surface area (Å²) in [6, 6.07) is 3.37. The van der Waals surface area contributed by atoms with E-state index in [0.717, 1.165) is 29.9 Å². The first-order chi connectivity index (χ1) is 13.6. The molecule has 1 fully saturated rings. The normalized spacial score (nSPS) is 14.8. The molecule has 1 aliphatic rings. The van der Waals surface area contributed by atoms with Crippen molar-refractivity contribution in [1.29, 1.82) is 0 Å². The molecular weight excluding hydrogens is 360 g/mol. The van der Waals surface area contributed by atoms with Crippen molar-refractivity contribution in [2.75, 3.05) is 34.4 Å². The van der Waals surface area contributed by atoms with Gasteiger partial charge in [-0.15, -0.1) is 0 Å². The quantitative estimate of drug-likeness (QED) is 0.753. The molecule has 0 saturated carbocycles. The van der Waals surface area contributed by atoms with Crippen LogP contribution < -0.4 is 9.47 Å². The molecule has 1 amide bonds. The minimum absolute atomic E-state index is 0.0820. The van der Waals surface area contributed by atoms with E-state index in [4.69, 9.17) is 14.2 Å². The van der Waals surface area contributed by atoms with Gasteiger partial charge in [-0.1, -0.05) is 0 Å². The van der Waals surface area contributed by atoms with Crippen molar-refractivity contribution in [1.82, 2.24) is 19.9 Å². The molecular formula is C20H26N4O4. The Labute approximate surface area is 164 Å². The van der Waals surface area contributed by atoms with Gasteiger partial charge in [0.15, 0.2) is 0 Å². The van der Waals surface area contributed by atoms with E-state index in [9.17, 15) is 4.79 Å². The van der Waals surface area contributed by atoms with Crippen LogP contribution in [-0.2, 0) is 11.3 Å². The lowest BCUT2D eigenvalue weighted by Crippen LogP contribution is -2.38. The standard InChI is InChI=1S/C20H26N4O4/c1-13-21-11-15(12-26-2)18(22-13)14-7-9-24(10-8-14)20(25)16-5-6-17(27-3)23-19(16)28-4/h5-6,11,14H,7-10,12H2,1-4H3. The second-order valence-corrected chi connectivity index (χ2v) is 6.74. The Morgan fingerprint density at radius 1 is 1.14 bits per heavy atom. The molecule has 28 heavy (non-hydrogen) atoms. The van der Waals surface area contributed by atoms with Crippen LogP contribution in [0.4, 0.5) is 0 Å². The van der Waals surface area contributed by atoms with Crippen LogP contribution in [-0.4, -0.2) is 60.2 Å². The van der Waals surface area contributed by atoms with Crippen molar-refractivity contribution in [2.24, 2.45) is 0 Å². The molecule has 2 aromatic rings. The Hall–Kier alpha value is -2.74. The minimum atomic E-state index is -0.0820. The van der Waals surface area contributed by atoms with E-state index in [0.29, 0.717) is 31.1 Å². The summed E-state index contributed by atoms with van der Waals surface area (Å²) in [7, 11) is 4.70. The third-order valence-corrected chi connectivity index (χ3v) is 4.95. The van der Waals surface area contributed by atoms with E-state index >= 15 is 0 Å². The highest BCUT2D eigenvalue weighted by atomic mass is 16.5. The molecule has 0 atom stereocenters. The molecule has 8 heteroatoms. The molecule has 0 aromatic carbocycles. The van der Waals surface area contributed by atoms with E-state index in [-0.39, 0.29) is 17.7 Å². The molecule has 0 radical (unpaired) electrons. The fraction of sp³-hybridized carbons (Fsp3) is 0.500. The van der Waals surface area contributed by atoms with E-state index in [2.05, 4.69) is 15.0 Å². The SMILES string of the molecule is COCc1cnc(C)nc1C1CCN(C(=O)c2ccc(OC)nc2OC)CC1. The van der Waals surface area contributed by atoms with Gasteiger partial charge in [-0.05, 0) is 25.8 Å². The second-order valence-electron chi connectivity index (χ2n) is 6.74. The lowest BCUT2D eigenvalue weighted by molar-refractivity contribution is 0.0706. The molecule has 1 aliphatic heterocycles.